The molecule has 0 spiro atoms. The normalized spacial score (nSPS) is 11.7. The lowest BCUT2D eigenvalue weighted by Crippen LogP contribution is -1.83. The predicted molar refractivity (Wildman–Crippen MR) is 120 cm³/mol. The highest BCUT2D eigenvalue weighted by molar-refractivity contribution is 7.22. The number of furan rings is 1. The van der Waals surface area contributed by atoms with Crippen LogP contribution in [0.3, 0.4) is 0 Å². The third-order valence-corrected chi connectivity index (χ3v) is 6.45. The molecule has 6 aromatic rings. The van der Waals surface area contributed by atoms with Gasteiger partial charge >= 0.3 is 0 Å². The number of thiophene rings is 1. The first-order valence-corrected chi connectivity index (χ1v) is 10.4. The molecular weight excluding hydrogens is 395 g/mol. The number of aryl methyl sites for hydroxylation is 1. The largest absolute Gasteiger partial charge is 0.437 e. The second-order valence-corrected chi connectivity index (χ2v) is 8.40. The van der Waals surface area contributed by atoms with Crippen molar-refractivity contribution in [2.75, 3.05) is 0 Å². The van der Waals surface area contributed by atoms with Crippen LogP contribution in [0.15, 0.2) is 77.3 Å². The molecule has 0 unspecified atom stereocenters. The zero-order valence-corrected chi connectivity index (χ0v) is 16.8. The summed E-state index contributed by atoms with van der Waals surface area (Å²) in [4.78, 5) is 10.3. The van der Waals surface area contributed by atoms with Gasteiger partial charge in [-0.1, -0.05) is 24.3 Å². The van der Waals surface area contributed by atoms with Crippen molar-refractivity contribution >= 4 is 43.5 Å². The van der Waals surface area contributed by atoms with Crippen LogP contribution in [0.2, 0.25) is 0 Å². The van der Waals surface area contributed by atoms with E-state index in [1.807, 2.05) is 31.3 Å². The van der Waals surface area contributed by atoms with Crippen molar-refractivity contribution in [1.29, 1.82) is 0 Å². The summed E-state index contributed by atoms with van der Waals surface area (Å²) in [5, 5.41) is 3.15. The van der Waals surface area contributed by atoms with Crippen molar-refractivity contribution < 1.29 is 8.81 Å². The fourth-order valence-corrected chi connectivity index (χ4v) is 4.84. The van der Waals surface area contributed by atoms with Gasteiger partial charge in [-0.2, -0.15) is 0 Å². The average molecular weight is 410 g/mol. The Bertz CT molecular complexity index is 1560. The molecule has 0 aliphatic carbocycles. The Kier molecular flexibility index (Phi) is 3.73. The number of hydrogen-bond donors (Lipinski definition) is 0. The quantitative estimate of drug-likeness (QED) is 0.299. The number of halogens is 1. The van der Waals surface area contributed by atoms with E-state index in [1.165, 1.54) is 12.1 Å². The average Bonchev–Trinajstić information content (AvgIpc) is 3.34. The number of benzene rings is 2. The third-order valence-electron chi connectivity index (χ3n) is 5.31. The minimum Gasteiger partial charge on any atom is -0.437 e. The monoisotopic (exact) mass is 410 g/mol. The van der Waals surface area contributed by atoms with Crippen molar-refractivity contribution in [2.45, 2.75) is 6.92 Å². The highest BCUT2D eigenvalue weighted by atomic mass is 32.1. The molecule has 0 saturated carbocycles. The number of fused-ring (bicyclic) bond motifs is 4. The number of hydrogen-bond acceptors (Lipinski definition) is 4. The molecule has 0 fully saturated rings. The molecule has 0 atom stereocenters. The van der Waals surface area contributed by atoms with E-state index < -0.39 is 0 Å². The van der Waals surface area contributed by atoms with Crippen molar-refractivity contribution in [3.8, 4) is 21.7 Å². The summed E-state index contributed by atoms with van der Waals surface area (Å²) in [5.74, 6) is -0.229. The predicted octanol–water partition coefficient (Wildman–Crippen LogP) is 7.37. The van der Waals surface area contributed by atoms with Gasteiger partial charge in [0.15, 0.2) is 0 Å². The third kappa shape index (κ3) is 2.70. The van der Waals surface area contributed by atoms with Crippen molar-refractivity contribution in [1.82, 2.24) is 9.97 Å². The molecular formula is C25H15FN2OS. The summed E-state index contributed by atoms with van der Waals surface area (Å²) in [5.41, 5.74) is 5.17. The van der Waals surface area contributed by atoms with E-state index in [2.05, 4.69) is 29.2 Å². The SMILES string of the molecule is Cc1ccc2c(n1)oc1c(-c3cc4cc(-c5ccc(F)cc5)sc4cn3)cccc12. The molecule has 4 heterocycles. The van der Waals surface area contributed by atoms with Gasteiger partial charge in [0.1, 0.15) is 11.4 Å². The number of para-hydroxylation sites is 1. The van der Waals surface area contributed by atoms with Gasteiger partial charge in [0.2, 0.25) is 5.71 Å². The van der Waals surface area contributed by atoms with Gasteiger partial charge in [-0.05, 0) is 60.3 Å². The molecule has 0 saturated heterocycles. The second-order valence-electron chi connectivity index (χ2n) is 7.31. The van der Waals surface area contributed by atoms with Gasteiger partial charge in [0, 0.05) is 33.1 Å². The van der Waals surface area contributed by atoms with E-state index in [1.54, 1.807) is 23.5 Å². The first-order chi connectivity index (χ1) is 14.7. The summed E-state index contributed by atoms with van der Waals surface area (Å²) in [7, 11) is 0. The van der Waals surface area contributed by atoms with Crippen LogP contribution >= 0.6 is 11.3 Å². The van der Waals surface area contributed by atoms with Crippen molar-refractivity contribution in [3.63, 3.8) is 0 Å². The lowest BCUT2D eigenvalue weighted by molar-refractivity contribution is 0.628. The van der Waals surface area contributed by atoms with Crippen LogP contribution in [0.1, 0.15) is 5.69 Å². The Morgan fingerprint density at radius 3 is 2.67 bits per heavy atom. The minimum atomic E-state index is -0.229. The van der Waals surface area contributed by atoms with Crippen LogP contribution in [0.5, 0.6) is 0 Å². The molecule has 2 aromatic carbocycles. The van der Waals surface area contributed by atoms with Crippen molar-refractivity contribution in [3.05, 3.63) is 84.4 Å². The first kappa shape index (κ1) is 17.3. The number of rotatable bonds is 2. The Hall–Kier alpha value is -3.57. The second kappa shape index (κ2) is 6.47. The topological polar surface area (TPSA) is 38.9 Å². The van der Waals surface area contributed by atoms with E-state index >= 15 is 0 Å². The molecule has 6 rings (SSSR count). The van der Waals surface area contributed by atoms with Gasteiger partial charge in [0.05, 0.1) is 10.4 Å². The van der Waals surface area contributed by atoms with Gasteiger partial charge < -0.3 is 4.42 Å². The van der Waals surface area contributed by atoms with Crippen LogP contribution in [-0.4, -0.2) is 9.97 Å². The van der Waals surface area contributed by atoms with Gasteiger partial charge in [-0.25, -0.2) is 9.37 Å². The van der Waals surface area contributed by atoms with Gasteiger partial charge in [0.25, 0.3) is 0 Å². The summed E-state index contributed by atoms with van der Waals surface area (Å²) < 4.78 is 20.5. The van der Waals surface area contributed by atoms with Gasteiger partial charge in [-0.15, -0.1) is 11.3 Å². The van der Waals surface area contributed by atoms with E-state index in [0.29, 0.717) is 5.71 Å². The minimum absolute atomic E-state index is 0.229. The number of nitrogens with zero attached hydrogens (tertiary/aromatic N) is 2. The molecule has 5 heteroatoms. The Morgan fingerprint density at radius 2 is 1.80 bits per heavy atom. The van der Waals surface area contributed by atoms with E-state index in [4.69, 9.17) is 9.40 Å². The zero-order valence-electron chi connectivity index (χ0n) is 16.0. The van der Waals surface area contributed by atoms with E-state index in [0.717, 1.165) is 53.8 Å². The van der Waals surface area contributed by atoms with Crippen LogP contribution in [0.25, 0.3) is 53.9 Å². The lowest BCUT2D eigenvalue weighted by Gasteiger charge is -2.02. The highest BCUT2D eigenvalue weighted by Gasteiger charge is 2.15. The van der Waals surface area contributed by atoms with Crippen LogP contribution in [0.4, 0.5) is 4.39 Å². The summed E-state index contributed by atoms with van der Waals surface area (Å²) in [6.07, 6.45) is 1.90. The molecule has 4 aromatic heterocycles. The fourth-order valence-electron chi connectivity index (χ4n) is 3.82. The number of pyridine rings is 2. The number of aromatic nitrogens is 2. The van der Waals surface area contributed by atoms with Crippen LogP contribution < -0.4 is 0 Å². The molecule has 0 radical (unpaired) electrons. The molecule has 0 N–H and O–H groups in total. The molecule has 0 amide bonds. The molecule has 144 valence electrons. The Labute approximate surface area is 175 Å². The summed E-state index contributed by atoms with van der Waals surface area (Å²) >= 11 is 1.65. The standard InChI is InChI=1S/C25H15FN2OS/c1-14-5-10-19-18-3-2-4-20(24(18)29-25(19)28-14)21-11-16-12-22(30-23(16)13-27-21)15-6-8-17(26)9-7-15/h2-13H,1H3. The Morgan fingerprint density at radius 1 is 0.933 bits per heavy atom. The fraction of sp³-hybridized carbons (Fsp3) is 0.0400. The van der Waals surface area contributed by atoms with Crippen LogP contribution in [-0.2, 0) is 0 Å². The smallest absolute Gasteiger partial charge is 0.227 e. The Balaban J connectivity index is 1.51. The summed E-state index contributed by atoms with van der Waals surface area (Å²) in [6.45, 7) is 1.96. The van der Waals surface area contributed by atoms with Crippen LogP contribution in [0, 0.1) is 12.7 Å². The molecule has 0 aliphatic rings. The molecule has 0 aliphatic heterocycles. The molecule has 3 nitrogen and oxygen atoms in total. The maximum Gasteiger partial charge on any atom is 0.227 e. The zero-order chi connectivity index (χ0) is 20.2. The molecule has 30 heavy (non-hydrogen) atoms. The van der Waals surface area contributed by atoms with Crippen molar-refractivity contribution in [2.24, 2.45) is 0 Å². The molecule has 0 bridgehead atoms. The highest BCUT2D eigenvalue weighted by Crippen LogP contribution is 2.38. The maximum atomic E-state index is 13.3. The van der Waals surface area contributed by atoms with E-state index in [-0.39, 0.29) is 5.82 Å². The summed E-state index contributed by atoms with van der Waals surface area (Å²) in [6, 6.07) is 20.9. The van der Waals surface area contributed by atoms with Gasteiger partial charge in [-0.3, -0.25) is 4.98 Å². The lowest BCUT2D eigenvalue weighted by atomic mass is 10.1. The van der Waals surface area contributed by atoms with E-state index in [9.17, 15) is 4.39 Å². The maximum absolute atomic E-state index is 13.3. The first-order valence-electron chi connectivity index (χ1n) is 9.60.